The molecule has 3 nitrogen and oxygen atoms in total. The lowest BCUT2D eigenvalue weighted by Crippen LogP contribution is -2.21. The molecule has 1 N–H and O–H groups in total. The SMILES string of the molecule is CN(CCc1ccccc1C(=O)O)Cc1ccc(Br)cc1. The first-order chi connectivity index (χ1) is 10.1. The van der Waals surface area contributed by atoms with Gasteiger partial charge in [-0.15, -0.1) is 0 Å². The minimum Gasteiger partial charge on any atom is -0.478 e. The van der Waals surface area contributed by atoms with Gasteiger partial charge in [-0.05, 0) is 42.8 Å². The van der Waals surface area contributed by atoms with Gasteiger partial charge in [-0.3, -0.25) is 0 Å². The van der Waals surface area contributed by atoms with E-state index in [0.29, 0.717) is 5.56 Å². The molecule has 0 heterocycles. The molecule has 0 aliphatic carbocycles. The number of hydrogen-bond acceptors (Lipinski definition) is 2. The molecular formula is C17H18BrNO2. The zero-order valence-electron chi connectivity index (χ0n) is 11.9. The summed E-state index contributed by atoms with van der Waals surface area (Å²) in [5, 5.41) is 9.17. The van der Waals surface area contributed by atoms with Crippen molar-refractivity contribution in [3.05, 3.63) is 69.7 Å². The van der Waals surface area contributed by atoms with Crippen molar-refractivity contribution in [2.75, 3.05) is 13.6 Å². The maximum Gasteiger partial charge on any atom is 0.335 e. The fourth-order valence-electron chi connectivity index (χ4n) is 2.24. The molecular weight excluding hydrogens is 330 g/mol. The molecule has 2 aromatic rings. The third-order valence-corrected chi connectivity index (χ3v) is 3.91. The molecule has 0 aliphatic heterocycles. The van der Waals surface area contributed by atoms with E-state index < -0.39 is 5.97 Å². The molecule has 21 heavy (non-hydrogen) atoms. The summed E-state index contributed by atoms with van der Waals surface area (Å²) >= 11 is 3.43. The summed E-state index contributed by atoms with van der Waals surface area (Å²) in [5.74, 6) is -0.860. The van der Waals surface area contributed by atoms with Crippen LogP contribution in [0.1, 0.15) is 21.5 Å². The lowest BCUT2D eigenvalue weighted by Gasteiger charge is -2.17. The molecule has 2 aromatic carbocycles. The topological polar surface area (TPSA) is 40.5 Å². The Hall–Kier alpha value is -1.65. The maximum atomic E-state index is 11.2. The molecule has 0 radical (unpaired) electrons. The van der Waals surface area contributed by atoms with Crippen molar-refractivity contribution in [2.45, 2.75) is 13.0 Å². The van der Waals surface area contributed by atoms with Crippen molar-refractivity contribution >= 4 is 21.9 Å². The molecule has 0 bridgehead atoms. The molecule has 0 atom stereocenters. The van der Waals surface area contributed by atoms with Crippen molar-refractivity contribution in [1.82, 2.24) is 4.90 Å². The summed E-state index contributed by atoms with van der Waals surface area (Å²) in [6, 6.07) is 15.4. The first-order valence-electron chi connectivity index (χ1n) is 6.80. The number of carboxylic acids is 1. The van der Waals surface area contributed by atoms with Gasteiger partial charge in [-0.1, -0.05) is 46.3 Å². The second-order valence-corrected chi connectivity index (χ2v) is 5.99. The van der Waals surface area contributed by atoms with Crippen molar-refractivity contribution < 1.29 is 9.90 Å². The predicted molar refractivity (Wildman–Crippen MR) is 87.6 cm³/mol. The molecule has 4 heteroatoms. The van der Waals surface area contributed by atoms with Crippen LogP contribution in [0.15, 0.2) is 53.0 Å². The van der Waals surface area contributed by atoms with E-state index in [9.17, 15) is 9.90 Å². The molecule has 0 spiro atoms. The smallest absolute Gasteiger partial charge is 0.335 e. The number of hydrogen-bond donors (Lipinski definition) is 1. The third kappa shape index (κ3) is 4.69. The van der Waals surface area contributed by atoms with Crippen LogP contribution in [0.5, 0.6) is 0 Å². The Labute approximate surface area is 133 Å². The van der Waals surface area contributed by atoms with Crippen LogP contribution in [0, 0.1) is 0 Å². The quantitative estimate of drug-likeness (QED) is 0.863. The molecule has 0 aromatic heterocycles. The van der Waals surface area contributed by atoms with Gasteiger partial charge in [-0.2, -0.15) is 0 Å². The zero-order valence-corrected chi connectivity index (χ0v) is 13.5. The first kappa shape index (κ1) is 15.7. The number of carbonyl (C=O) groups is 1. The van der Waals surface area contributed by atoms with Crippen molar-refractivity contribution in [1.29, 1.82) is 0 Å². The fraction of sp³-hybridized carbons (Fsp3) is 0.235. The molecule has 0 saturated carbocycles. The summed E-state index contributed by atoms with van der Waals surface area (Å²) in [6.45, 7) is 1.67. The highest BCUT2D eigenvalue weighted by Gasteiger charge is 2.09. The van der Waals surface area contributed by atoms with Gasteiger partial charge in [-0.25, -0.2) is 4.79 Å². The molecule has 110 valence electrons. The van der Waals surface area contributed by atoms with Crippen LogP contribution < -0.4 is 0 Å². The van der Waals surface area contributed by atoms with Crippen LogP contribution in [-0.2, 0) is 13.0 Å². The van der Waals surface area contributed by atoms with Gasteiger partial charge in [0.05, 0.1) is 5.56 Å². The minimum atomic E-state index is -0.860. The number of benzene rings is 2. The lowest BCUT2D eigenvalue weighted by molar-refractivity contribution is 0.0695. The van der Waals surface area contributed by atoms with Crippen molar-refractivity contribution in [2.24, 2.45) is 0 Å². The standard InChI is InChI=1S/C17H18BrNO2/c1-19(12-13-6-8-15(18)9-7-13)11-10-14-4-2-3-5-16(14)17(20)21/h2-9H,10-12H2,1H3,(H,20,21). The fourth-order valence-corrected chi connectivity index (χ4v) is 2.50. The van der Waals surface area contributed by atoms with E-state index in [2.05, 4.69) is 33.0 Å². The highest BCUT2D eigenvalue weighted by atomic mass is 79.9. The molecule has 0 fully saturated rings. The van der Waals surface area contributed by atoms with Gasteiger partial charge in [0.25, 0.3) is 0 Å². The van der Waals surface area contributed by atoms with Crippen molar-refractivity contribution in [3.63, 3.8) is 0 Å². The van der Waals surface area contributed by atoms with E-state index >= 15 is 0 Å². The van der Waals surface area contributed by atoms with Crippen LogP contribution in [0.25, 0.3) is 0 Å². The number of halogens is 1. The Bertz CT molecular complexity index is 610. The van der Waals surface area contributed by atoms with E-state index in [-0.39, 0.29) is 0 Å². The Kier molecular flexibility index (Phi) is 5.53. The summed E-state index contributed by atoms with van der Waals surface area (Å²) in [5.41, 5.74) is 2.52. The normalized spacial score (nSPS) is 10.8. The molecule has 2 rings (SSSR count). The second-order valence-electron chi connectivity index (χ2n) is 5.08. The highest BCUT2D eigenvalue weighted by molar-refractivity contribution is 9.10. The number of likely N-dealkylation sites (N-methyl/N-ethyl adjacent to an activating group) is 1. The number of aromatic carboxylic acids is 1. The molecule has 0 unspecified atom stereocenters. The van der Waals surface area contributed by atoms with Crippen LogP contribution in [0.4, 0.5) is 0 Å². The van der Waals surface area contributed by atoms with Gasteiger partial charge in [0.15, 0.2) is 0 Å². The summed E-state index contributed by atoms with van der Waals surface area (Å²) < 4.78 is 1.07. The summed E-state index contributed by atoms with van der Waals surface area (Å²) in [7, 11) is 2.05. The highest BCUT2D eigenvalue weighted by Crippen LogP contribution is 2.13. The number of rotatable bonds is 6. The van der Waals surface area contributed by atoms with Gasteiger partial charge < -0.3 is 10.0 Å². The van der Waals surface area contributed by atoms with Gasteiger partial charge in [0.1, 0.15) is 0 Å². The molecule has 0 amide bonds. The molecule has 0 saturated heterocycles. The maximum absolute atomic E-state index is 11.2. The van der Waals surface area contributed by atoms with Crippen LogP contribution >= 0.6 is 15.9 Å². The monoisotopic (exact) mass is 347 g/mol. The van der Waals surface area contributed by atoms with Crippen LogP contribution in [-0.4, -0.2) is 29.6 Å². The largest absolute Gasteiger partial charge is 0.478 e. The Morgan fingerprint density at radius 2 is 1.81 bits per heavy atom. The first-order valence-corrected chi connectivity index (χ1v) is 7.60. The van der Waals surface area contributed by atoms with E-state index in [4.69, 9.17) is 0 Å². The van der Waals surface area contributed by atoms with Crippen LogP contribution in [0.2, 0.25) is 0 Å². The average Bonchev–Trinajstić information content (AvgIpc) is 2.48. The predicted octanol–water partition coefficient (Wildman–Crippen LogP) is 3.82. The second kappa shape index (κ2) is 7.38. The van der Waals surface area contributed by atoms with E-state index in [1.165, 1.54) is 5.56 Å². The van der Waals surface area contributed by atoms with E-state index in [0.717, 1.165) is 29.5 Å². The van der Waals surface area contributed by atoms with E-state index in [1.807, 2.05) is 31.3 Å². The van der Waals surface area contributed by atoms with Gasteiger partial charge in [0.2, 0.25) is 0 Å². The number of nitrogens with zero attached hydrogens (tertiary/aromatic N) is 1. The van der Waals surface area contributed by atoms with Gasteiger partial charge >= 0.3 is 5.97 Å². The lowest BCUT2D eigenvalue weighted by atomic mass is 10.0. The Morgan fingerprint density at radius 3 is 2.48 bits per heavy atom. The molecule has 0 aliphatic rings. The Balaban J connectivity index is 1.93. The van der Waals surface area contributed by atoms with Crippen molar-refractivity contribution in [3.8, 4) is 0 Å². The van der Waals surface area contributed by atoms with Crippen LogP contribution in [0.3, 0.4) is 0 Å². The average molecular weight is 348 g/mol. The third-order valence-electron chi connectivity index (χ3n) is 3.38. The summed E-state index contributed by atoms with van der Waals surface area (Å²) in [6.07, 6.45) is 0.732. The van der Waals surface area contributed by atoms with E-state index in [1.54, 1.807) is 12.1 Å². The van der Waals surface area contributed by atoms with Gasteiger partial charge in [0, 0.05) is 17.6 Å². The number of carboxylic acid groups (broad SMARTS) is 1. The summed E-state index contributed by atoms with van der Waals surface area (Å²) in [4.78, 5) is 13.4. The minimum absolute atomic E-state index is 0.398. The zero-order chi connectivity index (χ0) is 15.2. The Morgan fingerprint density at radius 1 is 1.14 bits per heavy atom.